The number of carbonyl (C=O) groups is 2. The number of halogens is 1. The summed E-state index contributed by atoms with van der Waals surface area (Å²) in [4.78, 5) is 30.9. The van der Waals surface area contributed by atoms with E-state index in [0.717, 1.165) is 12.1 Å². The molecule has 4 rings (SSSR count). The summed E-state index contributed by atoms with van der Waals surface area (Å²) in [6.07, 6.45) is 3.28. The number of hydrogen-bond donors (Lipinski definition) is 1. The van der Waals surface area contributed by atoms with Crippen LogP contribution in [-0.2, 0) is 11.2 Å². The number of benzene rings is 1. The first-order chi connectivity index (χ1) is 15.3. The van der Waals surface area contributed by atoms with Crippen molar-refractivity contribution in [2.45, 2.75) is 38.7 Å². The highest BCUT2D eigenvalue weighted by Crippen LogP contribution is 2.52. The number of ketones is 2. The van der Waals surface area contributed by atoms with Crippen molar-refractivity contribution in [3.05, 3.63) is 40.1 Å². The van der Waals surface area contributed by atoms with Gasteiger partial charge in [-0.2, -0.15) is 4.98 Å². The maximum absolute atomic E-state index is 13.5. The quantitative estimate of drug-likeness (QED) is 0.490. The number of carbonyl (C=O) groups excluding carboxylic acids is 2. The number of nitrogens with zero attached hydrogens (tertiary/aromatic N) is 2. The highest BCUT2D eigenvalue weighted by atomic mass is 35.5. The maximum atomic E-state index is 13.5. The lowest BCUT2D eigenvalue weighted by Crippen LogP contribution is -2.55. The summed E-state index contributed by atoms with van der Waals surface area (Å²) >= 11 is 6.40. The SMILES string of the molecule is COc1cc(OC)c2c(c1Cl)OC1(C(=O)C=C(NCCCc3nc(C)no3)CC1C)C2=O. The van der Waals surface area contributed by atoms with Gasteiger partial charge in [0.05, 0.1) is 14.2 Å². The maximum Gasteiger partial charge on any atom is 0.236 e. The van der Waals surface area contributed by atoms with Crippen molar-refractivity contribution in [2.24, 2.45) is 5.92 Å². The average Bonchev–Trinajstić information content (AvgIpc) is 3.32. The van der Waals surface area contributed by atoms with Gasteiger partial charge in [0, 0.05) is 36.7 Å². The van der Waals surface area contributed by atoms with Crippen molar-refractivity contribution < 1.29 is 28.3 Å². The molecule has 1 N–H and O–H groups in total. The van der Waals surface area contributed by atoms with Gasteiger partial charge in [-0.1, -0.05) is 23.7 Å². The number of fused-ring (bicyclic) bond motifs is 1. The van der Waals surface area contributed by atoms with Crippen LogP contribution in [0.3, 0.4) is 0 Å². The van der Waals surface area contributed by atoms with Crippen LogP contribution in [0.1, 0.15) is 41.8 Å². The summed E-state index contributed by atoms with van der Waals surface area (Å²) in [7, 11) is 2.89. The molecule has 170 valence electrons. The normalized spacial score (nSPS) is 21.9. The summed E-state index contributed by atoms with van der Waals surface area (Å²) in [5.74, 6) is 0.557. The molecular formula is C22H24ClN3O6. The molecule has 1 aliphatic carbocycles. The van der Waals surface area contributed by atoms with E-state index in [1.165, 1.54) is 26.4 Å². The lowest BCUT2D eigenvalue weighted by molar-refractivity contribution is -0.129. The van der Waals surface area contributed by atoms with Crippen molar-refractivity contribution >= 4 is 23.2 Å². The van der Waals surface area contributed by atoms with Gasteiger partial charge in [0.15, 0.2) is 11.6 Å². The van der Waals surface area contributed by atoms with Gasteiger partial charge in [-0.15, -0.1) is 0 Å². The Bertz CT molecular complexity index is 1110. The van der Waals surface area contributed by atoms with E-state index in [9.17, 15) is 9.59 Å². The molecule has 0 saturated heterocycles. The first kappa shape index (κ1) is 22.1. The predicted octanol–water partition coefficient (Wildman–Crippen LogP) is 3.08. The number of hydrogen-bond acceptors (Lipinski definition) is 9. The predicted molar refractivity (Wildman–Crippen MR) is 114 cm³/mol. The lowest BCUT2D eigenvalue weighted by atomic mass is 9.74. The van der Waals surface area contributed by atoms with Gasteiger partial charge in [-0.05, 0) is 19.8 Å². The average molecular weight is 462 g/mol. The number of aryl methyl sites for hydroxylation is 2. The van der Waals surface area contributed by atoms with Gasteiger partial charge >= 0.3 is 0 Å². The van der Waals surface area contributed by atoms with E-state index in [0.29, 0.717) is 36.9 Å². The minimum Gasteiger partial charge on any atom is -0.496 e. The van der Waals surface area contributed by atoms with Gasteiger partial charge in [-0.3, -0.25) is 9.59 Å². The van der Waals surface area contributed by atoms with Crippen molar-refractivity contribution in [3.8, 4) is 17.2 Å². The summed E-state index contributed by atoms with van der Waals surface area (Å²) in [5.41, 5.74) is -0.756. The fourth-order valence-electron chi connectivity index (χ4n) is 4.18. The standard InChI is InChI=1S/C22H24ClN3O6/c1-11-8-13(24-7-5-6-17-25-12(2)26-32-17)9-16(27)22(11)21(28)18-14(29-3)10-15(30-4)19(23)20(18)31-22/h9-11,24H,5-8H2,1-4H3. The van der Waals surface area contributed by atoms with Crippen LogP contribution >= 0.6 is 11.6 Å². The third-order valence-electron chi connectivity index (χ3n) is 5.80. The monoisotopic (exact) mass is 461 g/mol. The van der Waals surface area contributed by atoms with Crippen LogP contribution in [0, 0.1) is 12.8 Å². The number of ether oxygens (including phenoxy) is 3. The topological polar surface area (TPSA) is 113 Å². The number of nitrogens with one attached hydrogen (secondary N) is 1. The molecule has 1 aromatic heterocycles. The summed E-state index contributed by atoms with van der Waals surface area (Å²) in [6.45, 7) is 4.20. The molecular weight excluding hydrogens is 438 g/mol. The van der Waals surface area contributed by atoms with E-state index in [-0.39, 0.29) is 22.1 Å². The van der Waals surface area contributed by atoms with Crippen LogP contribution in [0.4, 0.5) is 0 Å². The molecule has 2 atom stereocenters. The van der Waals surface area contributed by atoms with Crippen molar-refractivity contribution in [1.29, 1.82) is 0 Å². The molecule has 2 heterocycles. The first-order valence-corrected chi connectivity index (χ1v) is 10.7. The van der Waals surface area contributed by atoms with Gasteiger partial charge in [-0.25, -0.2) is 0 Å². The van der Waals surface area contributed by atoms with Gasteiger partial charge in [0.2, 0.25) is 23.1 Å². The Hall–Kier alpha value is -3.07. The second-order valence-electron chi connectivity index (χ2n) is 7.87. The molecule has 0 radical (unpaired) electrons. The molecule has 1 aliphatic heterocycles. The van der Waals surface area contributed by atoms with E-state index in [1.807, 2.05) is 6.92 Å². The molecule has 2 aromatic rings. The molecule has 1 spiro atoms. The molecule has 0 fully saturated rings. The molecule has 10 heteroatoms. The molecule has 1 aromatic carbocycles. The highest BCUT2D eigenvalue weighted by molar-refractivity contribution is 6.36. The van der Waals surface area contributed by atoms with Crippen LogP contribution < -0.4 is 19.5 Å². The van der Waals surface area contributed by atoms with Crippen molar-refractivity contribution in [3.63, 3.8) is 0 Å². The van der Waals surface area contributed by atoms with E-state index in [4.69, 9.17) is 30.3 Å². The fourth-order valence-corrected chi connectivity index (χ4v) is 4.45. The molecule has 2 aliphatic rings. The van der Waals surface area contributed by atoms with Gasteiger partial charge in [0.25, 0.3) is 0 Å². The number of methoxy groups -OCH3 is 2. The van der Waals surface area contributed by atoms with Gasteiger partial charge in [0.1, 0.15) is 22.1 Å². The lowest BCUT2D eigenvalue weighted by Gasteiger charge is -2.35. The molecule has 9 nitrogen and oxygen atoms in total. The molecule has 2 unspecified atom stereocenters. The summed E-state index contributed by atoms with van der Waals surface area (Å²) < 4.78 is 21.7. The highest BCUT2D eigenvalue weighted by Gasteiger charge is 2.60. The Kier molecular flexibility index (Phi) is 5.85. The minimum atomic E-state index is -1.67. The van der Waals surface area contributed by atoms with E-state index in [2.05, 4.69) is 15.5 Å². The number of rotatable bonds is 7. The Morgan fingerprint density at radius 1 is 1.28 bits per heavy atom. The van der Waals surface area contributed by atoms with Crippen molar-refractivity contribution in [2.75, 3.05) is 20.8 Å². The zero-order valence-corrected chi connectivity index (χ0v) is 19.0. The summed E-state index contributed by atoms with van der Waals surface area (Å²) in [6, 6.07) is 1.52. The molecule has 0 amide bonds. The van der Waals surface area contributed by atoms with E-state index in [1.54, 1.807) is 6.92 Å². The third-order valence-corrected chi connectivity index (χ3v) is 6.16. The number of allylic oxidation sites excluding steroid dienone is 1. The number of Topliss-reactive ketones (excluding diaryl/α,β-unsaturated/α-hetero) is 1. The smallest absolute Gasteiger partial charge is 0.236 e. The third kappa shape index (κ3) is 3.50. The zero-order valence-electron chi connectivity index (χ0n) is 18.3. The van der Waals surface area contributed by atoms with Crippen LogP contribution in [0.25, 0.3) is 0 Å². The molecule has 0 bridgehead atoms. The zero-order chi connectivity index (χ0) is 23.0. The first-order valence-electron chi connectivity index (χ1n) is 10.3. The Balaban J connectivity index is 1.52. The molecule has 0 saturated carbocycles. The Morgan fingerprint density at radius 2 is 2.03 bits per heavy atom. The number of aromatic nitrogens is 2. The largest absolute Gasteiger partial charge is 0.496 e. The fraction of sp³-hybridized carbons (Fsp3) is 0.455. The van der Waals surface area contributed by atoms with Gasteiger partial charge < -0.3 is 24.1 Å². The van der Waals surface area contributed by atoms with E-state index >= 15 is 0 Å². The van der Waals surface area contributed by atoms with Crippen LogP contribution in [-0.4, -0.2) is 48.1 Å². The summed E-state index contributed by atoms with van der Waals surface area (Å²) in [5, 5.41) is 7.17. The second-order valence-corrected chi connectivity index (χ2v) is 8.25. The Labute approximate surface area is 190 Å². The van der Waals surface area contributed by atoms with Crippen molar-refractivity contribution in [1.82, 2.24) is 15.5 Å². The van der Waals surface area contributed by atoms with Crippen LogP contribution in [0.5, 0.6) is 17.2 Å². The van der Waals surface area contributed by atoms with Crippen LogP contribution in [0.2, 0.25) is 5.02 Å². The minimum absolute atomic E-state index is 0.118. The Morgan fingerprint density at radius 3 is 2.66 bits per heavy atom. The molecule has 32 heavy (non-hydrogen) atoms. The van der Waals surface area contributed by atoms with Crippen LogP contribution in [0.15, 0.2) is 22.4 Å². The second kappa shape index (κ2) is 8.46. The van der Waals surface area contributed by atoms with E-state index < -0.39 is 23.1 Å².